The van der Waals surface area contributed by atoms with E-state index in [0.717, 1.165) is 16.5 Å². The molecule has 112 valence electrons. The minimum Gasteiger partial charge on any atom is -0.489 e. The first-order valence-corrected chi connectivity index (χ1v) is 7.57. The van der Waals surface area contributed by atoms with Crippen LogP contribution in [0.5, 0.6) is 5.75 Å². The van der Waals surface area contributed by atoms with Crippen LogP contribution >= 0.6 is 23.2 Å². The Morgan fingerprint density at radius 1 is 1.05 bits per heavy atom. The van der Waals surface area contributed by atoms with Gasteiger partial charge in [0.25, 0.3) is 0 Å². The topological polar surface area (TPSA) is 39.4 Å². The fraction of sp³-hybridized carbons (Fsp3) is 0.118. The predicted octanol–water partition coefficient (Wildman–Crippen LogP) is 4.76. The highest BCUT2D eigenvalue weighted by Gasteiger charge is 2.06. The minimum absolute atomic E-state index is 0.257. The molecule has 0 aliphatic heterocycles. The quantitative estimate of drug-likeness (QED) is 0.509. The van der Waals surface area contributed by atoms with E-state index in [1.54, 1.807) is 6.07 Å². The van der Waals surface area contributed by atoms with Crippen LogP contribution in [0.2, 0.25) is 5.02 Å². The number of ether oxygens (including phenoxy) is 1. The summed E-state index contributed by atoms with van der Waals surface area (Å²) in [6, 6.07) is 14.2. The van der Waals surface area contributed by atoms with Gasteiger partial charge in [-0.05, 0) is 35.4 Å². The van der Waals surface area contributed by atoms with Crippen molar-refractivity contribution < 1.29 is 9.15 Å². The van der Waals surface area contributed by atoms with Crippen LogP contribution in [-0.4, -0.2) is 0 Å². The molecule has 1 heterocycles. The number of hydrogen-bond donors (Lipinski definition) is 0. The molecular weight excluding hydrogens is 323 g/mol. The van der Waals surface area contributed by atoms with Gasteiger partial charge in [0.2, 0.25) is 0 Å². The molecule has 0 bridgehead atoms. The van der Waals surface area contributed by atoms with Gasteiger partial charge in [0, 0.05) is 28.4 Å². The van der Waals surface area contributed by atoms with Crippen LogP contribution in [0.25, 0.3) is 11.0 Å². The van der Waals surface area contributed by atoms with E-state index in [4.69, 9.17) is 32.4 Å². The molecule has 3 rings (SSSR count). The van der Waals surface area contributed by atoms with Crippen LogP contribution in [-0.2, 0) is 12.5 Å². The molecule has 0 aliphatic rings. The van der Waals surface area contributed by atoms with Gasteiger partial charge in [-0.25, -0.2) is 4.79 Å². The summed E-state index contributed by atoms with van der Waals surface area (Å²) < 4.78 is 10.9. The number of hydrogen-bond acceptors (Lipinski definition) is 3. The minimum atomic E-state index is -0.419. The van der Waals surface area contributed by atoms with Crippen molar-refractivity contribution in [1.29, 1.82) is 0 Å². The monoisotopic (exact) mass is 334 g/mol. The SMILES string of the molecule is O=c1cc(CCl)c2ccc(OCc3ccc(Cl)cc3)cc2o1. The third-order valence-electron chi connectivity index (χ3n) is 3.26. The molecule has 22 heavy (non-hydrogen) atoms. The number of rotatable bonds is 4. The van der Waals surface area contributed by atoms with Crippen LogP contribution in [0.15, 0.2) is 57.7 Å². The summed E-state index contributed by atoms with van der Waals surface area (Å²) in [5, 5.41) is 1.50. The van der Waals surface area contributed by atoms with E-state index < -0.39 is 5.63 Å². The number of fused-ring (bicyclic) bond motifs is 1. The van der Waals surface area contributed by atoms with Crippen LogP contribution in [0, 0.1) is 0 Å². The maximum atomic E-state index is 11.5. The van der Waals surface area contributed by atoms with E-state index in [-0.39, 0.29) is 5.88 Å². The molecule has 0 saturated heterocycles. The first kappa shape index (κ1) is 14.9. The molecular formula is C17H12Cl2O3. The molecule has 5 heteroatoms. The highest BCUT2D eigenvalue weighted by atomic mass is 35.5. The Labute approximate surface area is 137 Å². The molecule has 0 radical (unpaired) electrons. The van der Waals surface area contributed by atoms with Gasteiger partial charge in [-0.15, -0.1) is 11.6 Å². The Morgan fingerprint density at radius 2 is 1.82 bits per heavy atom. The van der Waals surface area contributed by atoms with E-state index in [0.29, 0.717) is 23.0 Å². The Morgan fingerprint density at radius 3 is 2.55 bits per heavy atom. The van der Waals surface area contributed by atoms with Gasteiger partial charge in [-0.3, -0.25) is 0 Å². The zero-order valence-corrected chi connectivity index (χ0v) is 13.0. The predicted molar refractivity (Wildman–Crippen MR) is 87.8 cm³/mol. The van der Waals surface area contributed by atoms with Crippen molar-refractivity contribution in [1.82, 2.24) is 0 Å². The molecule has 0 atom stereocenters. The molecule has 2 aromatic carbocycles. The summed E-state index contributed by atoms with van der Waals surface area (Å²) in [4.78, 5) is 11.5. The summed E-state index contributed by atoms with van der Waals surface area (Å²) in [6.45, 7) is 0.405. The summed E-state index contributed by atoms with van der Waals surface area (Å²) in [7, 11) is 0. The molecule has 3 aromatic rings. The van der Waals surface area contributed by atoms with E-state index in [9.17, 15) is 4.79 Å². The molecule has 3 nitrogen and oxygen atoms in total. The van der Waals surface area contributed by atoms with Gasteiger partial charge >= 0.3 is 5.63 Å². The van der Waals surface area contributed by atoms with E-state index in [1.807, 2.05) is 36.4 Å². The molecule has 0 amide bonds. The van der Waals surface area contributed by atoms with Crippen molar-refractivity contribution in [2.24, 2.45) is 0 Å². The second kappa shape index (κ2) is 6.42. The zero-order valence-electron chi connectivity index (χ0n) is 11.5. The van der Waals surface area contributed by atoms with Crippen molar-refractivity contribution in [3.05, 3.63) is 75.1 Å². The van der Waals surface area contributed by atoms with Crippen molar-refractivity contribution >= 4 is 34.2 Å². The fourth-order valence-corrected chi connectivity index (χ4v) is 2.50. The maximum absolute atomic E-state index is 11.5. The lowest BCUT2D eigenvalue weighted by Crippen LogP contribution is -2.00. The maximum Gasteiger partial charge on any atom is 0.336 e. The Balaban J connectivity index is 1.85. The number of halogens is 2. The van der Waals surface area contributed by atoms with Gasteiger partial charge in [-0.2, -0.15) is 0 Å². The average Bonchev–Trinajstić information content (AvgIpc) is 2.53. The molecule has 0 fully saturated rings. The fourth-order valence-electron chi connectivity index (χ4n) is 2.16. The van der Waals surface area contributed by atoms with Crippen molar-refractivity contribution in [3.8, 4) is 5.75 Å². The third-order valence-corrected chi connectivity index (χ3v) is 3.80. The van der Waals surface area contributed by atoms with Gasteiger partial charge in [0.1, 0.15) is 17.9 Å². The third kappa shape index (κ3) is 3.26. The summed E-state index contributed by atoms with van der Waals surface area (Å²) >= 11 is 11.7. The van der Waals surface area contributed by atoms with Crippen molar-refractivity contribution in [3.63, 3.8) is 0 Å². The second-order valence-electron chi connectivity index (χ2n) is 4.80. The molecule has 0 saturated carbocycles. The number of benzene rings is 2. The largest absolute Gasteiger partial charge is 0.489 e. The standard InChI is InChI=1S/C17H12Cl2O3/c18-9-12-7-17(20)22-16-8-14(5-6-15(12)16)21-10-11-1-3-13(19)4-2-11/h1-8H,9-10H2. The highest BCUT2D eigenvalue weighted by molar-refractivity contribution is 6.30. The highest BCUT2D eigenvalue weighted by Crippen LogP contribution is 2.24. The first-order valence-electron chi connectivity index (χ1n) is 6.66. The molecule has 0 N–H and O–H groups in total. The van der Waals surface area contributed by atoms with Crippen LogP contribution in [0.1, 0.15) is 11.1 Å². The normalized spacial score (nSPS) is 10.8. The molecule has 0 unspecified atom stereocenters. The van der Waals surface area contributed by atoms with Crippen LogP contribution in [0.4, 0.5) is 0 Å². The number of alkyl halides is 1. The Kier molecular flexibility index (Phi) is 4.36. The molecule has 1 aromatic heterocycles. The average molecular weight is 335 g/mol. The zero-order chi connectivity index (χ0) is 15.5. The van der Waals surface area contributed by atoms with Gasteiger partial charge < -0.3 is 9.15 Å². The van der Waals surface area contributed by atoms with E-state index in [2.05, 4.69) is 0 Å². The smallest absolute Gasteiger partial charge is 0.336 e. The van der Waals surface area contributed by atoms with Crippen LogP contribution < -0.4 is 10.4 Å². The summed E-state index contributed by atoms with van der Waals surface area (Å²) in [5.74, 6) is 0.880. The van der Waals surface area contributed by atoms with Crippen molar-refractivity contribution in [2.45, 2.75) is 12.5 Å². The lowest BCUT2D eigenvalue weighted by molar-refractivity contribution is 0.306. The Hall–Kier alpha value is -1.97. The summed E-state index contributed by atoms with van der Waals surface area (Å²) in [6.07, 6.45) is 0. The lowest BCUT2D eigenvalue weighted by atomic mass is 10.1. The second-order valence-corrected chi connectivity index (χ2v) is 5.50. The lowest BCUT2D eigenvalue weighted by Gasteiger charge is -2.08. The summed E-state index contributed by atoms with van der Waals surface area (Å²) in [5.41, 5.74) is 1.80. The van der Waals surface area contributed by atoms with E-state index >= 15 is 0 Å². The first-order chi connectivity index (χ1) is 10.7. The Bertz CT molecular complexity index is 854. The van der Waals surface area contributed by atoms with Gasteiger partial charge in [-0.1, -0.05) is 23.7 Å². The van der Waals surface area contributed by atoms with Gasteiger partial charge in [0.15, 0.2) is 0 Å². The van der Waals surface area contributed by atoms with Gasteiger partial charge in [0.05, 0.1) is 0 Å². The molecule has 0 aliphatic carbocycles. The van der Waals surface area contributed by atoms with Crippen LogP contribution in [0.3, 0.4) is 0 Å². The van der Waals surface area contributed by atoms with E-state index in [1.165, 1.54) is 6.07 Å². The molecule has 0 spiro atoms. The van der Waals surface area contributed by atoms with Crippen molar-refractivity contribution in [2.75, 3.05) is 0 Å².